The molecular weight excluding hydrogens is 272 g/mol. The summed E-state index contributed by atoms with van der Waals surface area (Å²) in [7, 11) is 0. The van der Waals surface area contributed by atoms with E-state index in [1.165, 1.54) is 5.39 Å². The highest BCUT2D eigenvalue weighted by atomic mass is 16.1. The lowest BCUT2D eigenvalue weighted by Crippen LogP contribution is -2.02. The predicted molar refractivity (Wildman–Crippen MR) is 89.9 cm³/mol. The van der Waals surface area contributed by atoms with Gasteiger partial charge in [-0.25, -0.2) is 0 Å². The van der Waals surface area contributed by atoms with Gasteiger partial charge in [-0.15, -0.1) is 0 Å². The molecule has 0 saturated carbocycles. The Kier molecular flexibility index (Phi) is 3.97. The minimum atomic E-state index is -0.0571. The first-order valence-electron chi connectivity index (χ1n) is 7.11. The smallest absolute Gasteiger partial charge is 0.189 e. The third-order valence-corrected chi connectivity index (χ3v) is 3.42. The molecule has 0 bridgehead atoms. The molecule has 1 aromatic heterocycles. The van der Waals surface area contributed by atoms with Crippen molar-refractivity contribution in [1.82, 2.24) is 4.98 Å². The zero-order valence-corrected chi connectivity index (χ0v) is 12.3. The molecule has 22 heavy (non-hydrogen) atoms. The molecule has 0 spiro atoms. The second-order valence-corrected chi connectivity index (χ2v) is 5.09. The van der Waals surface area contributed by atoms with Crippen LogP contribution in [0.3, 0.4) is 0 Å². The van der Waals surface area contributed by atoms with Crippen LogP contribution in [0, 0.1) is 0 Å². The summed E-state index contributed by atoms with van der Waals surface area (Å²) in [5, 5.41) is 5.60. The van der Waals surface area contributed by atoms with E-state index < -0.39 is 0 Å². The molecule has 1 heterocycles. The van der Waals surface area contributed by atoms with Crippen LogP contribution < -0.4 is 5.32 Å². The van der Waals surface area contributed by atoms with Crippen LogP contribution in [0.15, 0.2) is 78.8 Å². The number of hydrogen-bond acceptors (Lipinski definition) is 3. The van der Waals surface area contributed by atoms with Gasteiger partial charge in [0.05, 0.1) is 0 Å². The number of hydrogen-bond donors (Lipinski definition) is 1. The quantitative estimate of drug-likeness (QED) is 0.570. The Bertz CT molecular complexity index is 833. The molecule has 3 aromatic rings. The van der Waals surface area contributed by atoms with Gasteiger partial charge in [-0.2, -0.15) is 0 Å². The minimum Gasteiger partial charge on any atom is -0.359 e. The van der Waals surface area contributed by atoms with Crippen molar-refractivity contribution < 1.29 is 4.79 Å². The van der Waals surface area contributed by atoms with Crippen molar-refractivity contribution >= 4 is 22.2 Å². The number of carbonyl (C=O) groups is 1. The van der Waals surface area contributed by atoms with E-state index in [1.54, 1.807) is 30.6 Å². The van der Waals surface area contributed by atoms with Gasteiger partial charge in [-0.05, 0) is 30.5 Å². The van der Waals surface area contributed by atoms with Crippen LogP contribution in [0.4, 0.5) is 5.69 Å². The third-order valence-electron chi connectivity index (χ3n) is 3.42. The summed E-state index contributed by atoms with van der Waals surface area (Å²) in [6.07, 6.45) is 4.82. The molecule has 3 heteroatoms. The van der Waals surface area contributed by atoms with Crippen LogP contribution in [-0.4, -0.2) is 10.8 Å². The fraction of sp³-hybridized carbons (Fsp3) is 0.0526. The highest BCUT2D eigenvalue weighted by Crippen LogP contribution is 2.24. The summed E-state index contributed by atoms with van der Waals surface area (Å²) in [4.78, 5) is 16.1. The average Bonchev–Trinajstić information content (AvgIpc) is 2.56. The Morgan fingerprint density at radius 3 is 2.68 bits per heavy atom. The highest BCUT2D eigenvalue weighted by Gasteiger charge is 2.04. The fourth-order valence-electron chi connectivity index (χ4n) is 2.37. The molecule has 108 valence electrons. The van der Waals surface area contributed by atoms with E-state index in [0.717, 1.165) is 16.8 Å². The Morgan fingerprint density at radius 2 is 1.86 bits per heavy atom. The predicted octanol–water partition coefficient (Wildman–Crippen LogP) is 4.43. The molecule has 0 fully saturated rings. The summed E-state index contributed by atoms with van der Waals surface area (Å²) in [5.41, 5.74) is 2.37. The summed E-state index contributed by atoms with van der Waals surface area (Å²) >= 11 is 0. The maximum atomic E-state index is 12.2. The van der Waals surface area contributed by atoms with Gasteiger partial charge in [0.15, 0.2) is 5.78 Å². The number of rotatable bonds is 4. The molecule has 2 aromatic carbocycles. The second-order valence-electron chi connectivity index (χ2n) is 5.09. The van der Waals surface area contributed by atoms with Gasteiger partial charge in [0.25, 0.3) is 0 Å². The Morgan fingerprint density at radius 1 is 1.05 bits per heavy atom. The first-order valence-corrected chi connectivity index (χ1v) is 7.11. The number of carbonyl (C=O) groups excluding carboxylic acids is 1. The molecule has 0 atom stereocenters. The topological polar surface area (TPSA) is 42.0 Å². The number of fused-ring (bicyclic) bond motifs is 1. The Labute approximate surface area is 129 Å². The van der Waals surface area contributed by atoms with Gasteiger partial charge in [0.2, 0.25) is 0 Å². The van der Waals surface area contributed by atoms with E-state index in [2.05, 4.69) is 28.5 Å². The van der Waals surface area contributed by atoms with Crippen LogP contribution in [0.5, 0.6) is 0 Å². The zero-order chi connectivity index (χ0) is 15.4. The number of aromatic nitrogens is 1. The third kappa shape index (κ3) is 3.04. The van der Waals surface area contributed by atoms with Gasteiger partial charge >= 0.3 is 0 Å². The van der Waals surface area contributed by atoms with Gasteiger partial charge in [-0.1, -0.05) is 36.4 Å². The molecule has 0 unspecified atom stereocenters. The molecule has 0 aliphatic heterocycles. The van der Waals surface area contributed by atoms with Crippen LogP contribution >= 0.6 is 0 Å². The lowest BCUT2D eigenvalue weighted by molar-refractivity contribution is 0.104. The van der Waals surface area contributed by atoms with E-state index in [9.17, 15) is 4.79 Å². The number of benzene rings is 2. The first kappa shape index (κ1) is 14.0. The molecule has 0 aliphatic carbocycles. The van der Waals surface area contributed by atoms with Gasteiger partial charge in [-0.3, -0.25) is 9.78 Å². The second kappa shape index (κ2) is 6.22. The monoisotopic (exact) mass is 288 g/mol. The maximum Gasteiger partial charge on any atom is 0.189 e. The number of ketones is 1. The van der Waals surface area contributed by atoms with Crippen molar-refractivity contribution in [3.63, 3.8) is 0 Å². The number of allylic oxidation sites excluding steroid dienone is 2. The highest BCUT2D eigenvalue weighted by molar-refractivity contribution is 6.05. The number of nitrogens with one attached hydrogen (secondary N) is 1. The van der Waals surface area contributed by atoms with E-state index in [1.807, 2.05) is 31.2 Å². The molecule has 0 radical (unpaired) electrons. The first-order chi connectivity index (χ1) is 10.7. The number of nitrogens with zero attached hydrogens (tertiary/aromatic N) is 1. The van der Waals surface area contributed by atoms with E-state index in [4.69, 9.17) is 0 Å². The molecule has 0 amide bonds. The van der Waals surface area contributed by atoms with Crippen molar-refractivity contribution in [1.29, 1.82) is 0 Å². The summed E-state index contributed by atoms with van der Waals surface area (Å²) < 4.78 is 0. The molecule has 0 saturated heterocycles. The van der Waals surface area contributed by atoms with Crippen LogP contribution in [-0.2, 0) is 0 Å². The summed E-state index contributed by atoms with van der Waals surface area (Å²) in [6, 6.07) is 17.8. The van der Waals surface area contributed by atoms with Crippen LogP contribution in [0.1, 0.15) is 17.3 Å². The standard InChI is InChI=1S/C19H16N2O/c1-14(12-19(22)16-8-5-11-20-13-16)21-18-10-4-7-15-6-2-3-9-17(15)18/h2-13,21H,1H3/b14-12+. The SMILES string of the molecule is C/C(=C\C(=O)c1cccnc1)Nc1cccc2ccccc12. The lowest BCUT2D eigenvalue weighted by Gasteiger charge is -2.10. The van der Waals surface area contributed by atoms with Crippen LogP contribution in [0.25, 0.3) is 10.8 Å². The number of pyridine rings is 1. The fourth-order valence-corrected chi connectivity index (χ4v) is 2.37. The molecule has 1 N–H and O–H groups in total. The average molecular weight is 288 g/mol. The van der Waals surface area contributed by atoms with E-state index >= 15 is 0 Å². The summed E-state index contributed by atoms with van der Waals surface area (Å²) in [5.74, 6) is -0.0571. The summed E-state index contributed by atoms with van der Waals surface area (Å²) in [6.45, 7) is 1.88. The van der Waals surface area contributed by atoms with Gasteiger partial charge in [0.1, 0.15) is 0 Å². The lowest BCUT2D eigenvalue weighted by atomic mass is 10.1. The van der Waals surface area contributed by atoms with Crippen molar-refractivity contribution in [3.8, 4) is 0 Å². The molecule has 0 aliphatic rings. The van der Waals surface area contributed by atoms with E-state index in [0.29, 0.717) is 5.56 Å². The molecular formula is C19H16N2O. The van der Waals surface area contributed by atoms with Gasteiger partial charge in [0, 0.05) is 40.8 Å². The molecule has 3 rings (SSSR count). The zero-order valence-electron chi connectivity index (χ0n) is 12.3. The van der Waals surface area contributed by atoms with Gasteiger partial charge < -0.3 is 5.32 Å². The molecule has 3 nitrogen and oxygen atoms in total. The minimum absolute atomic E-state index is 0.0571. The van der Waals surface area contributed by atoms with E-state index in [-0.39, 0.29) is 5.78 Å². The van der Waals surface area contributed by atoms with Crippen molar-refractivity contribution in [2.45, 2.75) is 6.92 Å². The Balaban J connectivity index is 1.85. The Hall–Kier alpha value is -2.94. The van der Waals surface area contributed by atoms with Crippen molar-refractivity contribution in [3.05, 3.63) is 84.3 Å². The van der Waals surface area contributed by atoms with Crippen LogP contribution in [0.2, 0.25) is 0 Å². The largest absolute Gasteiger partial charge is 0.359 e. The maximum absolute atomic E-state index is 12.2. The van der Waals surface area contributed by atoms with Crippen molar-refractivity contribution in [2.24, 2.45) is 0 Å². The van der Waals surface area contributed by atoms with Crippen molar-refractivity contribution in [2.75, 3.05) is 5.32 Å². The normalized spacial score (nSPS) is 11.4. The number of anilines is 1.